The summed E-state index contributed by atoms with van der Waals surface area (Å²) < 4.78 is 42.3. The zero-order valence-corrected chi connectivity index (χ0v) is 20.3. The monoisotopic (exact) mass is 515 g/mol. The van der Waals surface area contributed by atoms with E-state index in [1.165, 1.54) is 31.5 Å². The summed E-state index contributed by atoms with van der Waals surface area (Å²) >= 11 is 0. The number of carbonyl (C=O) groups excluding carboxylic acids is 1. The van der Waals surface area contributed by atoms with Gasteiger partial charge >= 0.3 is 5.69 Å². The van der Waals surface area contributed by atoms with Crippen molar-refractivity contribution in [1.82, 2.24) is 9.55 Å². The van der Waals surface area contributed by atoms with E-state index in [-0.39, 0.29) is 10.7 Å². The van der Waals surface area contributed by atoms with Crippen molar-refractivity contribution in [2.75, 3.05) is 19.0 Å². The fourth-order valence-electron chi connectivity index (χ4n) is 3.72. The van der Waals surface area contributed by atoms with Crippen molar-refractivity contribution >= 4 is 21.8 Å². The summed E-state index contributed by atoms with van der Waals surface area (Å²) in [5, 5.41) is 13.2. The van der Waals surface area contributed by atoms with E-state index >= 15 is 0 Å². The van der Waals surface area contributed by atoms with Crippen molar-refractivity contribution in [2.24, 2.45) is 0 Å². The number of aliphatic hydroxyl groups is 1. The van der Waals surface area contributed by atoms with Crippen LogP contribution in [0.3, 0.4) is 0 Å². The van der Waals surface area contributed by atoms with Gasteiger partial charge in [-0.05, 0) is 37.3 Å². The molecule has 190 valence electrons. The molecule has 0 unspecified atom stereocenters. The number of anilines is 1. The normalized spacial score (nSPS) is 21.9. The zero-order valence-electron chi connectivity index (χ0n) is 19.5. The molecule has 0 spiro atoms. The second kappa shape index (κ2) is 10.7. The van der Waals surface area contributed by atoms with Crippen molar-refractivity contribution in [1.29, 1.82) is 0 Å². The van der Waals surface area contributed by atoms with Gasteiger partial charge in [0.05, 0.1) is 11.5 Å². The van der Waals surface area contributed by atoms with Gasteiger partial charge in [-0.1, -0.05) is 35.9 Å². The highest BCUT2D eigenvalue weighted by Gasteiger charge is 2.46. The van der Waals surface area contributed by atoms with E-state index < -0.39 is 52.9 Å². The Kier molecular flexibility index (Phi) is 7.62. The smallest absolute Gasteiger partial charge is 0.351 e. The number of nitrogens with zero attached hydrogens (tertiary/aromatic N) is 2. The quantitative estimate of drug-likeness (QED) is 0.426. The Bertz CT molecular complexity index is 1380. The van der Waals surface area contributed by atoms with E-state index in [0.717, 1.165) is 10.1 Å². The lowest BCUT2D eigenvalue weighted by molar-refractivity contribution is -0.0598. The lowest BCUT2D eigenvalue weighted by Crippen LogP contribution is -2.37. The largest absolute Gasteiger partial charge is 0.387 e. The Labute approximate surface area is 207 Å². The Morgan fingerprint density at radius 1 is 1.14 bits per heavy atom. The second-order valence-corrected chi connectivity index (χ2v) is 9.75. The SMILES string of the molecule is CO[C@@H]1[C@H](O)[C@@H](COS(=O)(=O)c2ccc(C)cc2)O[C@H]1n1ccc(NC(=O)c2ccccc2)nc1=O. The third kappa shape index (κ3) is 5.53. The summed E-state index contributed by atoms with van der Waals surface area (Å²) in [7, 11) is -2.77. The van der Waals surface area contributed by atoms with Crippen LogP contribution in [-0.4, -0.2) is 61.0 Å². The lowest BCUT2D eigenvalue weighted by atomic mass is 10.1. The standard InChI is InChI=1S/C24H25N3O8S/c1-15-8-10-17(11-9-15)36(31,32)34-14-18-20(28)21(33-2)23(35-18)27-13-12-19(26-24(27)30)25-22(29)16-6-4-3-5-7-16/h3-13,18,20-21,23,28H,14H2,1-2H3,(H,25,26,29,30)/t18-,20-,21-,23-/m1/s1. The number of ether oxygens (including phenoxy) is 2. The Morgan fingerprint density at radius 3 is 2.47 bits per heavy atom. The third-order valence-corrected chi connectivity index (χ3v) is 6.96. The molecule has 0 bridgehead atoms. The fourth-order valence-corrected chi connectivity index (χ4v) is 4.64. The molecular weight excluding hydrogens is 490 g/mol. The molecule has 1 aromatic heterocycles. The average Bonchev–Trinajstić information content (AvgIpc) is 3.18. The van der Waals surface area contributed by atoms with E-state index in [4.69, 9.17) is 13.7 Å². The minimum absolute atomic E-state index is 0.0293. The molecular formula is C24H25N3O8S. The van der Waals surface area contributed by atoms with Crippen molar-refractivity contribution in [2.45, 2.75) is 36.4 Å². The summed E-state index contributed by atoms with van der Waals surface area (Å²) in [6.45, 7) is 1.33. The van der Waals surface area contributed by atoms with Gasteiger partial charge in [0.15, 0.2) is 6.23 Å². The highest BCUT2D eigenvalue weighted by molar-refractivity contribution is 7.86. The molecule has 2 aromatic carbocycles. The molecule has 4 atom stereocenters. The number of methoxy groups -OCH3 is 1. The molecule has 2 heterocycles. The summed E-state index contributed by atoms with van der Waals surface area (Å²) in [4.78, 5) is 28.9. The third-order valence-electron chi connectivity index (χ3n) is 5.66. The maximum atomic E-state index is 12.7. The molecule has 1 saturated heterocycles. The lowest BCUT2D eigenvalue weighted by Gasteiger charge is -2.20. The first-order chi connectivity index (χ1) is 17.2. The number of carbonyl (C=O) groups is 1. The number of amides is 1. The average molecular weight is 516 g/mol. The fraction of sp³-hybridized carbons (Fsp3) is 0.292. The van der Waals surface area contributed by atoms with Gasteiger partial charge in [0.25, 0.3) is 16.0 Å². The molecule has 0 radical (unpaired) electrons. The maximum Gasteiger partial charge on any atom is 0.351 e. The van der Waals surface area contributed by atoms with Gasteiger partial charge in [0.2, 0.25) is 0 Å². The highest BCUT2D eigenvalue weighted by atomic mass is 32.2. The van der Waals surface area contributed by atoms with E-state index in [9.17, 15) is 23.1 Å². The maximum absolute atomic E-state index is 12.7. The molecule has 1 amide bonds. The van der Waals surface area contributed by atoms with E-state index in [2.05, 4.69) is 10.3 Å². The first kappa shape index (κ1) is 25.7. The summed E-state index contributed by atoms with van der Waals surface area (Å²) in [5.74, 6) is -0.406. The predicted octanol–water partition coefficient (Wildman–Crippen LogP) is 1.48. The van der Waals surface area contributed by atoms with Gasteiger partial charge in [-0.2, -0.15) is 13.4 Å². The van der Waals surface area contributed by atoms with Crippen LogP contribution in [0.2, 0.25) is 0 Å². The number of hydrogen-bond acceptors (Lipinski definition) is 9. The number of benzene rings is 2. The van der Waals surface area contributed by atoms with Gasteiger partial charge in [-0.25, -0.2) is 4.79 Å². The minimum atomic E-state index is -4.10. The van der Waals surface area contributed by atoms with E-state index in [0.29, 0.717) is 5.56 Å². The van der Waals surface area contributed by atoms with E-state index in [1.54, 1.807) is 42.5 Å². The number of aliphatic hydroxyl groups excluding tert-OH is 1. The second-order valence-electron chi connectivity index (χ2n) is 8.13. The van der Waals surface area contributed by atoms with Gasteiger partial charge in [-0.3, -0.25) is 13.5 Å². The van der Waals surface area contributed by atoms with E-state index in [1.807, 2.05) is 6.92 Å². The molecule has 1 aliphatic heterocycles. The van der Waals surface area contributed by atoms with Crippen LogP contribution >= 0.6 is 0 Å². The molecule has 36 heavy (non-hydrogen) atoms. The van der Waals surface area contributed by atoms with Crippen LogP contribution < -0.4 is 11.0 Å². The molecule has 11 nitrogen and oxygen atoms in total. The number of aromatic nitrogens is 2. The molecule has 1 fully saturated rings. The number of rotatable bonds is 8. The number of hydrogen-bond donors (Lipinski definition) is 2. The van der Waals surface area contributed by atoms with Crippen LogP contribution in [0.4, 0.5) is 5.82 Å². The molecule has 2 N–H and O–H groups in total. The van der Waals surface area contributed by atoms with Crippen molar-refractivity contribution in [3.8, 4) is 0 Å². The number of nitrogens with one attached hydrogen (secondary N) is 1. The van der Waals surface area contributed by atoms with Gasteiger partial charge in [-0.15, -0.1) is 0 Å². The number of aryl methyl sites for hydroxylation is 1. The van der Waals surface area contributed by atoms with Crippen LogP contribution in [0.5, 0.6) is 0 Å². The molecule has 0 aliphatic carbocycles. The summed E-state index contributed by atoms with van der Waals surface area (Å²) in [6.07, 6.45) is -3.18. The summed E-state index contributed by atoms with van der Waals surface area (Å²) in [5.41, 5.74) is 0.515. The van der Waals surface area contributed by atoms with Gasteiger partial charge < -0.3 is 19.9 Å². The highest BCUT2D eigenvalue weighted by Crippen LogP contribution is 2.31. The topological polar surface area (TPSA) is 146 Å². The van der Waals surface area contributed by atoms with Crippen molar-refractivity contribution in [3.05, 3.63) is 88.5 Å². The molecule has 12 heteroatoms. The van der Waals surface area contributed by atoms with Crippen LogP contribution in [0.1, 0.15) is 22.1 Å². The van der Waals surface area contributed by atoms with Crippen LogP contribution in [-0.2, 0) is 23.8 Å². The Balaban J connectivity index is 1.46. The Morgan fingerprint density at radius 2 is 1.83 bits per heavy atom. The Hall–Kier alpha value is -3.42. The van der Waals surface area contributed by atoms with Crippen LogP contribution in [0, 0.1) is 6.92 Å². The molecule has 0 saturated carbocycles. The van der Waals surface area contributed by atoms with Gasteiger partial charge in [0.1, 0.15) is 24.1 Å². The molecule has 3 aromatic rings. The minimum Gasteiger partial charge on any atom is -0.387 e. The molecule has 4 rings (SSSR count). The first-order valence-corrected chi connectivity index (χ1v) is 12.4. The van der Waals surface area contributed by atoms with Crippen molar-refractivity contribution < 1.29 is 32.0 Å². The van der Waals surface area contributed by atoms with Crippen molar-refractivity contribution in [3.63, 3.8) is 0 Å². The first-order valence-electron chi connectivity index (χ1n) is 11.0. The summed E-state index contributed by atoms with van der Waals surface area (Å²) in [6, 6.07) is 15.9. The van der Waals surface area contributed by atoms with Crippen LogP contribution in [0.15, 0.2) is 76.6 Å². The zero-order chi connectivity index (χ0) is 25.9. The molecule has 1 aliphatic rings. The van der Waals surface area contributed by atoms with Gasteiger partial charge in [0, 0.05) is 18.9 Å². The predicted molar refractivity (Wildman–Crippen MR) is 128 cm³/mol. The van der Waals surface area contributed by atoms with Crippen LogP contribution in [0.25, 0.3) is 0 Å².